The van der Waals surface area contributed by atoms with Gasteiger partial charge in [0.15, 0.2) is 0 Å². The van der Waals surface area contributed by atoms with Crippen LogP contribution in [0.25, 0.3) is 33.2 Å². The first kappa shape index (κ1) is 8.37. The summed E-state index contributed by atoms with van der Waals surface area (Å²) in [6.07, 6.45) is -0.190. The maximum Gasteiger partial charge on any atom is 0.212 e. The van der Waals surface area contributed by atoms with E-state index >= 15 is 0 Å². The minimum Gasteiger partial charge on any atom is -0.338 e. The molecule has 96 valence electrons. The van der Waals surface area contributed by atoms with E-state index in [2.05, 4.69) is 19.9 Å². The van der Waals surface area contributed by atoms with Crippen LogP contribution in [0.5, 0.6) is 0 Å². The van der Waals surface area contributed by atoms with E-state index in [1.54, 1.807) is 18.2 Å². The molecule has 0 atom stereocenters. The first-order chi connectivity index (χ1) is 11.0. The zero-order chi connectivity index (χ0) is 16.1. The lowest BCUT2D eigenvalue weighted by atomic mass is 10.1. The van der Waals surface area contributed by atoms with Crippen LogP contribution in [0.2, 0.25) is 0 Å². The highest BCUT2D eigenvalue weighted by Crippen LogP contribution is 2.26. The van der Waals surface area contributed by atoms with E-state index in [0.29, 0.717) is 27.8 Å². The summed E-state index contributed by atoms with van der Waals surface area (Å²) in [6.45, 7) is 0. The van der Waals surface area contributed by atoms with Gasteiger partial charge >= 0.3 is 0 Å². The second-order valence-electron chi connectivity index (χ2n) is 4.30. The molecule has 0 radical (unpaired) electrons. The van der Waals surface area contributed by atoms with E-state index in [1.807, 2.05) is 0 Å². The van der Waals surface area contributed by atoms with E-state index < -0.39 is 5.95 Å². The summed E-state index contributed by atoms with van der Waals surface area (Å²) in [5.74, 6) is -0.710. The lowest BCUT2D eigenvalue weighted by Crippen LogP contribution is -1.87. The highest BCUT2D eigenvalue weighted by molar-refractivity contribution is 6.05. The monoisotopic (exact) mass is 270 g/mol. The summed E-state index contributed by atoms with van der Waals surface area (Å²) in [6, 6.07) is 7.71. The molecular formula is C15H9FN4. The molecule has 1 N–H and O–H groups in total. The van der Waals surface area contributed by atoms with E-state index in [4.69, 9.17) is 4.11 Å². The number of hydrogen-bond acceptors (Lipinski definition) is 3. The summed E-state index contributed by atoms with van der Waals surface area (Å²) in [7, 11) is 0. The molecule has 4 aromatic rings. The fraction of sp³-hybridized carbons (Fsp3) is 0. The SMILES string of the molecule is [3H]c1cc2c([nH]c3nc(-c4ccc(F)nc4[3H])ccc32)c([3H])n1. The molecule has 0 amide bonds. The number of halogens is 1. The van der Waals surface area contributed by atoms with Crippen LogP contribution >= 0.6 is 0 Å². The van der Waals surface area contributed by atoms with Crippen LogP contribution < -0.4 is 0 Å². The predicted octanol–water partition coefficient (Wildman–Crippen LogP) is 3.31. The van der Waals surface area contributed by atoms with Crippen LogP contribution in [0.3, 0.4) is 0 Å². The van der Waals surface area contributed by atoms with Gasteiger partial charge in [0.05, 0.1) is 21.5 Å². The van der Waals surface area contributed by atoms with Crippen LogP contribution in [0.4, 0.5) is 4.39 Å². The molecule has 0 aliphatic rings. The van der Waals surface area contributed by atoms with Gasteiger partial charge in [0.2, 0.25) is 5.95 Å². The average Bonchev–Trinajstić information content (AvgIpc) is 2.85. The number of aromatic amines is 1. The third-order valence-electron chi connectivity index (χ3n) is 3.09. The van der Waals surface area contributed by atoms with Gasteiger partial charge in [-0.3, -0.25) is 4.98 Å². The quantitative estimate of drug-likeness (QED) is 0.540. The van der Waals surface area contributed by atoms with Gasteiger partial charge < -0.3 is 4.98 Å². The summed E-state index contributed by atoms with van der Waals surface area (Å²) in [5.41, 5.74) is 1.91. The van der Waals surface area contributed by atoms with E-state index in [1.165, 1.54) is 12.1 Å². The van der Waals surface area contributed by atoms with Crippen molar-refractivity contribution in [3.63, 3.8) is 0 Å². The zero-order valence-corrected chi connectivity index (χ0v) is 10.1. The number of H-pyrrole nitrogens is 1. The van der Waals surface area contributed by atoms with E-state index in [9.17, 15) is 4.39 Å². The molecular weight excluding hydrogens is 255 g/mol. The molecule has 4 nitrogen and oxygen atoms in total. The van der Waals surface area contributed by atoms with E-state index in [-0.39, 0.29) is 18.5 Å². The van der Waals surface area contributed by atoms with Crippen molar-refractivity contribution in [1.29, 1.82) is 0 Å². The third-order valence-corrected chi connectivity index (χ3v) is 3.09. The summed E-state index contributed by atoms with van der Waals surface area (Å²) >= 11 is 0. The average molecular weight is 270 g/mol. The molecule has 4 aromatic heterocycles. The summed E-state index contributed by atoms with van der Waals surface area (Å²) in [4.78, 5) is 14.7. The Morgan fingerprint density at radius 1 is 1.05 bits per heavy atom. The van der Waals surface area contributed by atoms with Crippen molar-refractivity contribution in [2.75, 3.05) is 0 Å². The normalized spacial score (nSPS) is 13.3. The van der Waals surface area contributed by atoms with Crippen molar-refractivity contribution in [3.8, 4) is 11.3 Å². The lowest BCUT2D eigenvalue weighted by Gasteiger charge is -2.00. The molecule has 0 bridgehead atoms. The molecule has 0 unspecified atom stereocenters. The van der Waals surface area contributed by atoms with Crippen molar-refractivity contribution >= 4 is 21.9 Å². The van der Waals surface area contributed by atoms with Gasteiger partial charge in [-0.1, -0.05) is 0 Å². The van der Waals surface area contributed by atoms with Crippen molar-refractivity contribution in [3.05, 3.63) is 54.8 Å². The van der Waals surface area contributed by atoms with Crippen molar-refractivity contribution in [1.82, 2.24) is 19.9 Å². The van der Waals surface area contributed by atoms with E-state index in [0.717, 1.165) is 5.39 Å². The number of aromatic nitrogens is 4. The van der Waals surface area contributed by atoms with Gasteiger partial charge in [-0.05, 0) is 30.3 Å². The maximum absolute atomic E-state index is 13.0. The summed E-state index contributed by atoms with van der Waals surface area (Å²) < 4.78 is 36.3. The minimum absolute atomic E-state index is 0.0170. The molecule has 0 aromatic carbocycles. The molecule has 4 heterocycles. The number of nitrogens with one attached hydrogen (secondary N) is 1. The molecule has 20 heavy (non-hydrogen) atoms. The highest BCUT2D eigenvalue weighted by atomic mass is 19.1. The smallest absolute Gasteiger partial charge is 0.212 e. The lowest BCUT2D eigenvalue weighted by molar-refractivity contribution is 0.584. The van der Waals surface area contributed by atoms with Gasteiger partial charge in [-0.2, -0.15) is 4.39 Å². The van der Waals surface area contributed by atoms with Gasteiger partial charge in [0.25, 0.3) is 0 Å². The molecule has 0 aliphatic carbocycles. The Morgan fingerprint density at radius 3 is 2.90 bits per heavy atom. The minimum atomic E-state index is -0.710. The first-order valence-electron chi connectivity index (χ1n) is 7.43. The molecule has 4 rings (SSSR count). The van der Waals surface area contributed by atoms with Gasteiger partial charge in [0.1, 0.15) is 5.65 Å². The van der Waals surface area contributed by atoms with Gasteiger partial charge in [0, 0.05) is 28.7 Å². The topological polar surface area (TPSA) is 54.5 Å². The Balaban J connectivity index is 1.98. The molecule has 0 saturated heterocycles. The first-order valence-corrected chi connectivity index (χ1v) is 5.93. The Labute approximate surface area is 117 Å². The maximum atomic E-state index is 13.0. The fourth-order valence-electron chi connectivity index (χ4n) is 2.15. The molecule has 5 heteroatoms. The third kappa shape index (κ3) is 1.64. The Morgan fingerprint density at radius 2 is 2.00 bits per heavy atom. The second kappa shape index (κ2) is 4.09. The number of nitrogens with zero attached hydrogens (tertiary/aromatic N) is 3. The molecule has 0 aliphatic heterocycles. The molecule has 0 saturated carbocycles. The summed E-state index contributed by atoms with van der Waals surface area (Å²) in [5, 5.41) is 1.46. The van der Waals surface area contributed by atoms with Crippen LogP contribution in [-0.4, -0.2) is 19.9 Å². The predicted molar refractivity (Wildman–Crippen MR) is 74.6 cm³/mol. The Kier molecular flexibility index (Phi) is 1.71. The standard InChI is InChI=1S/C15H9FN4/c16-14-4-1-9(7-18-14)12-3-2-11-10-5-6-17-8-13(10)20-15(11)19-12/h1-8H,(H,19,20)/i6T,7T,8T. The molecule has 0 fully saturated rings. The van der Waals surface area contributed by atoms with Crippen molar-refractivity contribution < 1.29 is 8.50 Å². The second-order valence-corrected chi connectivity index (χ2v) is 4.30. The van der Waals surface area contributed by atoms with Crippen LogP contribution in [-0.2, 0) is 0 Å². The van der Waals surface area contributed by atoms with Crippen LogP contribution in [0.1, 0.15) is 4.11 Å². The molecule has 0 spiro atoms. The van der Waals surface area contributed by atoms with Gasteiger partial charge in [-0.25, -0.2) is 9.97 Å². The largest absolute Gasteiger partial charge is 0.338 e. The number of pyridine rings is 3. The Hall–Kier alpha value is -2.82. The highest BCUT2D eigenvalue weighted by Gasteiger charge is 2.07. The zero-order valence-electron chi connectivity index (χ0n) is 13.1. The number of rotatable bonds is 1. The Bertz CT molecular complexity index is 1080. The fourth-order valence-corrected chi connectivity index (χ4v) is 2.15. The van der Waals surface area contributed by atoms with Crippen LogP contribution in [0, 0.1) is 5.95 Å². The van der Waals surface area contributed by atoms with Gasteiger partial charge in [-0.15, -0.1) is 0 Å². The van der Waals surface area contributed by atoms with Crippen LogP contribution in [0.15, 0.2) is 48.9 Å². The number of hydrogen-bond donors (Lipinski definition) is 1. The number of fused-ring (bicyclic) bond motifs is 3. The van der Waals surface area contributed by atoms with Crippen molar-refractivity contribution in [2.24, 2.45) is 0 Å². The van der Waals surface area contributed by atoms with Crippen molar-refractivity contribution in [2.45, 2.75) is 0 Å².